The summed E-state index contributed by atoms with van der Waals surface area (Å²) in [6.45, 7) is 9.03. The number of nitrogens with zero attached hydrogens (tertiary/aromatic N) is 1. The zero-order valence-electron chi connectivity index (χ0n) is 12.7. The largest absolute Gasteiger partial charge is 0.508 e. The Hall–Kier alpha value is -1.46. The molecule has 2 rings (SSSR count). The third-order valence-electron chi connectivity index (χ3n) is 2.96. The molecule has 1 aromatic carbocycles. The summed E-state index contributed by atoms with van der Waals surface area (Å²) in [5, 5.41) is 12.5. The number of hydrogen-bond donors (Lipinski definition) is 2. The van der Waals surface area contributed by atoms with Gasteiger partial charge in [0, 0.05) is 50.6 Å². The standard InChI is InChI=1S/C13H20N2O3.C2H6/c1-14-11-8-12(16)10-13(9-11)18-7-4-15-2-5-17-6-3-15;1-2/h8-10,14,16H,2-7H2,1H3;1-2H3. The van der Waals surface area contributed by atoms with E-state index in [0.29, 0.717) is 12.4 Å². The molecule has 1 aromatic rings. The number of nitrogens with one attached hydrogen (secondary N) is 1. The van der Waals surface area contributed by atoms with Gasteiger partial charge >= 0.3 is 0 Å². The SMILES string of the molecule is CC.CNc1cc(O)cc(OCCN2CCOCC2)c1. The molecule has 0 bridgehead atoms. The molecule has 2 N–H and O–H groups in total. The first-order valence-electron chi connectivity index (χ1n) is 7.22. The Morgan fingerprint density at radius 3 is 2.60 bits per heavy atom. The van der Waals surface area contributed by atoms with Crippen molar-refractivity contribution in [3.63, 3.8) is 0 Å². The van der Waals surface area contributed by atoms with Crippen molar-refractivity contribution in [1.29, 1.82) is 0 Å². The molecule has 1 saturated heterocycles. The van der Waals surface area contributed by atoms with Crippen molar-refractivity contribution < 1.29 is 14.6 Å². The number of phenolic OH excluding ortho intramolecular Hbond substituents is 1. The van der Waals surface area contributed by atoms with Gasteiger partial charge in [-0.2, -0.15) is 0 Å². The summed E-state index contributed by atoms with van der Waals surface area (Å²) in [6, 6.07) is 5.16. The van der Waals surface area contributed by atoms with E-state index in [1.807, 2.05) is 27.0 Å². The monoisotopic (exact) mass is 282 g/mol. The Labute approximate surface area is 121 Å². The summed E-state index contributed by atoms with van der Waals surface area (Å²) in [5.74, 6) is 0.899. The molecule has 20 heavy (non-hydrogen) atoms. The van der Waals surface area contributed by atoms with Crippen molar-refractivity contribution >= 4 is 5.69 Å². The van der Waals surface area contributed by atoms with Crippen LogP contribution >= 0.6 is 0 Å². The first-order valence-corrected chi connectivity index (χ1v) is 7.22. The third-order valence-corrected chi connectivity index (χ3v) is 2.96. The van der Waals surface area contributed by atoms with Crippen LogP contribution in [-0.4, -0.2) is 56.5 Å². The van der Waals surface area contributed by atoms with E-state index in [1.165, 1.54) is 0 Å². The first-order chi connectivity index (χ1) is 9.78. The minimum Gasteiger partial charge on any atom is -0.508 e. The van der Waals surface area contributed by atoms with Crippen LogP contribution in [0.25, 0.3) is 0 Å². The van der Waals surface area contributed by atoms with Crippen molar-refractivity contribution in [1.82, 2.24) is 4.90 Å². The van der Waals surface area contributed by atoms with Crippen molar-refractivity contribution in [2.75, 3.05) is 51.8 Å². The minimum atomic E-state index is 0.211. The second-order valence-electron chi connectivity index (χ2n) is 4.27. The second-order valence-corrected chi connectivity index (χ2v) is 4.27. The fraction of sp³-hybridized carbons (Fsp3) is 0.600. The first kappa shape index (κ1) is 16.6. The van der Waals surface area contributed by atoms with Crippen LogP contribution in [0.1, 0.15) is 13.8 Å². The highest BCUT2D eigenvalue weighted by Gasteiger charge is 2.09. The molecule has 1 aliphatic heterocycles. The molecule has 0 aliphatic carbocycles. The number of anilines is 1. The third kappa shape index (κ3) is 5.67. The van der Waals surface area contributed by atoms with Crippen LogP contribution < -0.4 is 10.1 Å². The summed E-state index contributed by atoms with van der Waals surface area (Å²) in [7, 11) is 1.81. The Balaban J connectivity index is 0.000000956. The van der Waals surface area contributed by atoms with Gasteiger partial charge in [-0.05, 0) is 0 Å². The fourth-order valence-corrected chi connectivity index (χ4v) is 1.93. The second kappa shape index (κ2) is 9.44. The molecule has 0 unspecified atom stereocenters. The number of benzene rings is 1. The van der Waals surface area contributed by atoms with E-state index in [1.54, 1.807) is 12.1 Å². The highest BCUT2D eigenvalue weighted by atomic mass is 16.5. The van der Waals surface area contributed by atoms with Crippen LogP contribution in [0.2, 0.25) is 0 Å². The van der Waals surface area contributed by atoms with Gasteiger partial charge in [0.05, 0.1) is 13.2 Å². The minimum absolute atomic E-state index is 0.211. The summed E-state index contributed by atoms with van der Waals surface area (Å²) >= 11 is 0. The Bertz CT molecular complexity index is 379. The lowest BCUT2D eigenvalue weighted by Gasteiger charge is -2.26. The molecule has 0 saturated carbocycles. The van der Waals surface area contributed by atoms with Crippen molar-refractivity contribution in [3.05, 3.63) is 18.2 Å². The maximum atomic E-state index is 9.53. The van der Waals surface area contributed by atoms with Crippen LogP contribution in [0.4, 0.5) is 5.69 Å². The topological polar surface area (TPSA) is 54.0 Å². The van der Waals surface area contributed by atoms with E-state index in [0.717, 1.165) is 38.5 Å². The van der Waals surface area contributed by atoms with Gasteiger partial charge in [0.15, 0.2) is 0 Å². The summed E-state index contributed by atoms with van der Waals surface area (Å²) in [4.78, 5) is 2.31. The van der Waals surface area contributed by atoms with Gasteiger partial charge in [-0.25, -0.2) is 0 Å². The number of aromatic hydroxyl groups is 1. The normalized spacial score (nSPS) is 15.2. The summed E-state index contributed by atoms with van der Waals surface area (Å²) < 4.78 is 10.9. The van der Waals surface area contributed by atoms with E-state index in [-0.39, 0.29) is 5.75 Å². The predicted molar refractivity (Wildman–Crippen MR) is 81.8 cm³/mol. The van der Waals surface area contributed by atoms with Crippen molar-refractivity contribution in [3.8, 4) is 11.5 Å². The molecule has 0 amide bonds. The molecule has 1 heterocycles. The van der Waals surface area contributed by atoms with Crippen molar-refractivity contribution in [2.45, 2.75) is 13.8 Å². The van der Waals surface area contributed by atoms with Gasteiger partial charge in [-0.15, -0.1) is 0 Å². The smallest absolute Gasteiger partial charge is 0.125 e. The van der Waals surface area contributed by atoms with E-state index in [4.69, 9.17) is 9.47 Å². The number of phenols is 1. The molecule has 0 atom stereocenters. The van der Waals surface area contributed by atoms with Gasteiger partial charge in [-0.3, -0.25) is 4.90 Å². The van der Waals surface area contributed by atoms with Gasteiger partial charge < -0.3 is 19.9 Å². The van der Waals surface area contributed by atoms with Crippen LogP contribution in [0.3, 0.4) is 0 Å². The summed E-state index contributed by atoms with van der Waals surface area (Å²) in [6.07, 6.45) is 0. The average Bonchev–Trinajstić information content (AvgIpc) is 2.50. The molecule has 0 radical (unpaired) electrons. The van der Waals surface area contributed by atoms with Gasteiger partial charge in [0.25, 0.3) is 0 Å². The zero-order chi connectivity index (χ0) is 14.8. The van der Waals surface area contributed by atoms with Gasteiger partial charge in [-0.1, -0.05) is 13.8 Å². The molecule has 0 spiro atoms. The van der Waals surface area contributed by atoms with E-state index >= 15 is 0 Å². The molecular formula is C15H26N2O3. The molecular weight excluding hydrogens is 256 g/mol. The van der Waals surface area contributed by atoms with Crippen LogP contribution in [-0.2, 0) is 4.74 Å². The molecule has 1 aliphatic rings. The van der Waals surface area contributed by atoms with E-state index < -0.39 is 0 Å². The maximum absolute atomic E-state index is 9.53. The number of ether oxygens (including phenoxy) is 2. The molecule has 5 nitrogen and oxygen atoms in total. The summed E-state index contributed by atoms with van der Waals surface area (Å²) in [5.41, 5.74) is 0.844. The van der Waals surface area contributed by atoms with Crippen LogP contribution in [0.15, 0.2) is 18.2 Å². The van der Waals surface area contributed by atoms with Crippen LogP contribution in [0.5, 0.6) is 11.5 Å². The number of hydrogen-bond acceptors (Lipinski definition) is 5. The lowest BCUT2D eigenvalue weighted by molar-refractivity contribution is 0.0322. The Morgan fingerprint density at radius 1 is 1.25 bits per heavy atom. The predicted octanol–water partition coefficient (Wildman–Crippen LogP) is 2.17. The van der Waals surface area contributed by atoms with Crippen molar-refractivity contribution in [2.24, 2.45) is 0 Å². The fourth-order valence-electron chi connectivity index (χ4n) is 1.93. The maximum Gasteiger partial charge on any atom is 0.125 e. The molecule has 0 aromatic heterocycles. The highest BCUT2D eigenvalue weighted by molar-refractivity contribution is 5.52. The van der Waals surface area contributed by atoms with Gasteiger partial charge in [0.2, 0.25) is 0 Å². The molecule has 114 valence electrons. The van der Waals surface area contributed by atoms with E-state index in [2.05, 4.69) is 10.2 Å². The van der Waals surface area contributed by atoms with Crippen LogP contribution in [0, 0.1) is 0 Å². The molecule has 5 heteroatoms. The average molecular weight is 282 g/mol. The highest BCUT2D eigenvalue weighted by Crippen LogP contribution is 2.24. The Morgan fingerprint density at radius 2 is 1.95 bits per heavy atom. The van der Waals surface area contributed by atoms with E-state index in [9.17, 15) is 5.11 Å². The zero-order valence-corrected chi connectivity index (χ0v) is 12.7. The Kier molecular flexibility index (Phi) is 7.84. The lowest BCUT2D eigenvalue weighted by Crippen LogP contribution is -2.38. The van der Waals surface area contributed by atoms with Gasteiger partial charge in [0.1, 0.15) is 18.1 Å². The number of rotatable bonds is 5. The molecule has 1 fully saturated rings. The quantitative estimate of drug-likeness (QED) is 0.867. The number of morpholine rings is 1. The lowest BCUT2D eigenvalue weighted by atomic mass is 10.3.